The van der Waals surface area contributed by atoms with Gasteiger partial charge in [-0.05, 0) is 81.6 Å². The predicted molar refractivity (Wildman–Crippen MR) is 84.3 cm³/mol. The second-order valence-electron chi connectivity index (χ2n) is 6.36. The summed E-state index contributed by atoms with van der Waals surface area (Å²) in [5.41, 5.74) is 7.65. The number of nitrogens with two attached hydrogens (primary N) is 1. The fourth-order valence-corrected chi connectivity index (χ4v) is 4.29. The highest BCUT2D eigenvalue weighted by Crippen LogP contribution is 2.48. The molecule has 110 valence electrons. The summed E-state index contributed by atoms with van der Waals surface area (Å²) >= 11 is 3.42. The number of halogens is 1. The van der Waals surface area contributed by atoms with Crippen molar-refractivity contribution in [2.75, 3.05) is 5.73 Å². The highest BCUT2D eigenvalue weighted by molar-refractivity contribution is 9.10. The number of aromatic nitrogens is 4. The van der Waals surface area contributed by atoms with E-state index in [0.29, 0.717) is 5.69 Å². The standard InChI is InChI=1S/C15H18BrN5/c16-13-4-3-11(7-14(13)17)15-18-19-20-21(15)8-12-6-9-1-2-10(12)5-9/h3-4,7,9-10,12H,1-2,5-6,8,17H2. The third-order valence-electron chi connectivity index (χ3n) is 5.08. The van der Waals surface area contributed by atoms with Gasteiger partial charge in [-0.2, -0.15) is 0 Å². The lowest BCUT2D eigenvalue weighted by molar-refractivity contribution is 0.284. The van der Waals surface area contributed by atoms with E-state index in [4.69, 9.17) is 5.73 Å². The highest BCUT2D eigenvalue weighted by atomic mass is 79.9. The summed E-state index contributed by atoms with van der Waals surface area (Å²) in [5.74, 6) is 3.38. The van der Waals surface area contributed by atoms with E-state index in [0.717, 1.165) is 40.2 Å². The molecule has 6 heteroatoms. The number of benzene rings is 1. The zero-order valence-electron chi connectivity index (χ0n) is 11.7. The maximum Gasteiger partial charge on any atom is 0.182 e. The Bertz CT molecular complexity index is 668. The van der Waals surface area contributed by atoms with E-state index in [1.54, 1.807) is 0 Å². The van der Waals surface area contributed by atoms with Crippen LogP contribution in [0.25, 0.3) is 11.4 Å². The number of nitrogen functional groups attached to an aromatic ring is 1. The molecule has 5 nitrogen and oxygen atoms in total. The Morgan fingerprint density at radius 2 is 2.19 bits per heavy atom. The van der Waals surface area contributed by atoms with Crippen LogP contribution in [-0.2, 0) is 6.54 Å². The van der Waals surface area contributed by atoms with Crippen molar-refractivity contribution in [3.05, 3.63) is 22.7 Å². The predicted octanol–water partition coefficient (Wildman–Crippen LogP) is 3.12. The first-order chi connectivity index (χ1) is 10.2. The van der Waals surface area contributed by atoms with Crippen molar-refractivity contribution in [3.8, 4) is 11.4 Å². The summed E-state index contributed by atoms with van der Waals surface area (Å²) in [6.45, 7) is 0.930. The SMILES string of the molecule is Nc1cc(-c2nnnn2CC2CC3CCC2C3)ccc1Br. The molecule has 0 radical (unpaired) electrons. The fraction of sp³-hybridized carbons (Fsp3) is 0.533. The van der Waals surface area contributed by atoms with Crippen molar-refractivity contribution in [2.45, 2.75) is 32.2 Å². The Hall–Kier alpha value is -1.43. The third-order valence-corrected chi connectivity index (χ3v) is 5.80. The highest BCUT2D eigenvalue weighted by Gasteiger charge is 2.39. The molecule has 3 unspecified atom stereocenters. The van der Waals surface area contributed by atoms with Crippen LogP contribution in [0.5, 0.6) is 0 Å². The normalized spacial score (nSPS) is 27.4. The van der Waals surface area contributed by atoms with E-state index < -0.39 is 0 Å². The maximum absolute atomic E-state index is 5.97. The van der Waals surface area contributed by atoms with Gasteiger partial charge in [0.2, 0.25) is 0 Å². The van der Waals surface area contributed by atoms with Gasteiger partial charge in [-0.15, -0.1) is 5.10 Å². The molecule has 0 aliphatic heterocycles. The molecule has 2 saturated carbocycles. The van der Waals surface area contributed by atoms with Gasteiger partial charge in [0.15, 0.2) is 5.82 Å². The number of hydrogen-bond acceptors (Lipinski definition) is 4. The summed E-state index contributed by atoms with van der Waals surface area (Å²) in [6, 6.07) is 5.87. The zero-order chi connectivity index (χ0) is 14.4. The van der Waals surface area contributed by atoms with Crippen LogP contribution in [0, 0.1) is 17.8 Å². The molecule has 0 saturated heterocycles. The smallest absolute Gasteiger partial charge is 0.182 e. The molecular formula is C15H18BrN5. The number of nitrogens with zero attached hydrogens (tertiary/aromatic N) is 4. The third kappa shape index (κ3) is 2.35. The van der Waals surface area contributed by atoms with E-state index in [9.17, 15) is 0 Å². The van der Waals surface area contributed by atoms with Gasteiger partial charge in [-0.3, -0.25) is 0 Å². The molecule has 2 fully saturated rings. The number of anilines is 1. The van der Waals surface area contributed by atoms with Crippen LogP contribution in [0.4, 0.5) is 5.69 Å². The van der Waals surface area contributed by atoms with Crippen molar-refractivity contribution in [1.82, 2.24) is 20.2 Å². The van der Waals surface area contributed by atoms with Gasteiger partial charge in [0.25, 0.3) is 0 Å². The molecule has 2 aliphatic rings. The maximum atomic E-state index is 5.97. The summed E-state index contributed by atoms with van der Waals surface area (Å²) in [5, 5.41) is 12.3. The van der Waals surface area contributed by atoms with Gasteiger partial charge in [0.05, 0.1) is 0 Å². The molecule has 2 N–H and O–H groups in total. The van der Waals surface area contributed by atoms with E-state index >= 15 is 0 Å². The summed E-state index contributed by atoms with van der Waals surface area (Å²) < 4.78 is 2.85. The van der Waals surface area contributed by atoms with Crippen LogP contribution in [0.3, 0.4) is 0 Å². The average Bonchev–Trinajstić information content (AvgIpc) is 3.18. The summed E-state index contributed by atoms with van der Waals surface area (Å²) in [6.07, 6.45) is 5.56. The Morgan fingerprint density at radius 3 is 2.90 bits per heavy atom. The molecule has 0 spiro atoms. The van der Waals surface area contributed by atoms with Crippen molar-refractivity contribution in [2.24, 2.45) is 17.8 Å². The average molecular weight is 348 g/mol. The van der Waals surface area contributed by atoms with Crippen LogP contribution < -0.4 is 5.73 Å². The minimum absolute atomic E-state index is 0.710. The summed E-state index contributed by atoms with van der Waals surface area (Å²) in [7, 11) is 0. The minimum atomic E-state index is 0.710. The van der Waals surface area contributed by atoms with Gasteiger partial charge in [-0.25, -0.2) is 4.68 Å². The lowest BCUT2D eigenvalue weighted by atomic mass is 9.89. The second kappa shape index (κ2) is 5.09. The number of rotatable bonds is 3. The van der Waals surface area contributed by atoms with Crippen molar-refractivity contribution in [3.63, 3.8) is 0 Å². The number of fused-ring (bicyclic) bond motifs is 2. The molecule has 1 aromatic carbocycles. The van der Waals surface area contributed by atoms with E-state index in [1.165, 1.54) is 25.7 Å². The van der Waals surface area contributed by atoms with Gasteiger partial charge >= 0.3 is 0 Å². The van der Waals surface area contributed by atoms with Crippen LogP contribution in [0.1, 0.15) is 25.7 Å². The van der Waals surface area contributed by atoms with Gasteiger partial charge < -0.3 is 5.73 Å². The fourth-order valence-electron chi connectivity index (χ4n) is 4.04. The van der Waals surface area contributed by atoms with E-state index in [-0.39, 0.29) is 0 Å². The van der Waals surface area contributed by atoms with E-state index in [2.05, 4.69) is 31.5 Å². The largest absolute Gasteiger partial charge is 0.398 e. The first-order valence-corrected chi connectivity index (χ1v) is 8.31. The molecule has 1 aromatic heterocycles. The molecule has 2 aromatic rings. The monoisotopic (exact) mass is 347 g/mol. The number of hydrogen-bond donors (Lipinski definition) is 1. The minimum Gasteiger partial charge on any atom is -0.398 e. The molecule has 0 amide bonds. The first kappa shape index (κ1) is 13.2. The van der Waals surface area contributed by atoms with Crippen LogP contribution >= 0.6 is 15.9 Å². The Kier molecular flexibility index (Phi) is 3.21. The van der Waals surface area contributed by atoms with Crippen LogP contribution in [-0.4, -0.2) is 20.2 Å². The second-order valence-corrected chi connectivity index (χ2v) is 7.21. The quantitative estimate of drug-likeness (QED) is 0.866. The molecular weight excluding hydrogens is 330 g/mol. The van der Waals surface area contributed by atoms with E-state index in [1.807, 2.05) is 22.9 Å². The van der Waals surface area contributed by atoms with Crippen molar-refractivity contribution >= 4 is 21.6 Å². The molecule has 3 atom stereocenters. The van der Waals surface area contributed by atoms with Crippen LogP contribution in [0.15, 0.2) is 22.7 Å². The molecule has 4 rings (SSSR count). The lowest BCUT2D eigenvalue weighted by Gasteiger charge is -2.21. The number of tetrazole rings is 1. The summed E-state index contributed by atoms with van der Waals surface area (Å²) in [4.78, 5) is 0. The topological polar surface area (TPSA) is 69.6 Å². The Balaban J connectivity index is 1.60. The van der Waals surface area contributed by atoms with Gasteiger partial charge in [0.1, 0.15) is 0 Å². The molecule has 2 aliphatic carbocycles. The first-order valence-electron chi connectivity index (χ1n) is 7.52. The van der Waals surface area contributed by atoms with Crippen molar-refractivity contribution < 1.29 is 0 Å². The Morgan fingerprint density at radius 1 is 1.29 bits per heavy atom. The molecule has 2 bridgehead atoms. The molecule has 21 heavy (non-hydrogen) atoms. The Labute approximate surface area is 132 Å². The van der Waals surface area contributed by atoms with Crippen LogP contribution in [0.2, 0.25) is 0 Å². The zero-order valence-corrected chi connectivity index (χ0v) is 13.3. The molecule has 1 heterocycles. The van der Waals surface area contributed by atoms with Gasteiger partial charge in [0, 0.05) is 22.3 Å². The van der Waals surface area contributed by atoms with Gasteiger partial charge in [-0.1, -0.05) is 6.42 Å². The van der Waals surface area contributed by atoms with Crippen molar-refractivity contribution in [1.29, 1.82) is 0 Å². The lowest BCUT2D eigenvalue weighted by Crippen LogP contribution is -2.18.